The molecule has 1 aromatic heterocycles. The lowest BCUT2D eigenvalue weighted by Gasteiger charge is -2.50. The van der Waals surface area contributed by atoms with Gasteiger partial charge < -0.3 is 19.5 Å². The number of rotatable bonds is 4. The van der Waals surface area contributed by atoms with Crippen molar-refractivity contribution >= 4 is 28.0 Å². The third kappa shape index (κ3) is 5.32. The van der Waals surface area contributed by atoms with Gasteiger partial charge in [-0.3, -0.25) is 4.98 Å². The molecule has 1 spiro atoms. The number of hydrogen-bond acceptors (Lipinski definition) is 5. The average Bonchev–Trinajstić information content (AvgIpc) is 2.68. The summed E-state index contributed by atoms with van der Waals surface area (Å²) in [7, 11) is 0. The van der Waals surface area contributed by atoms with Crippen LogP contribution in [-0.4, -0.2) is 52.4 Å². The number of carbonyl (C=O) groups excluding carboxylic acids is 1. The second kappa shape index (κ2) is 8.83. The highest BCUT2D eigenvalue weighted by Crippen LogP contribution is 2.53. The van der Waals surface area contributed by atoms with Crippen LogP contribution in [0.3, 0.4) is 0 Å². The molecule has 8 heteroatoms. The molecule has 7 nitrogen and oxygen atoms in total. The molecule has 0 atom stereocenters. The fourth-order valence-corrected chi connectivity index (χ4v) is 5.22. The summed E-state index contributed by atoms with van der Waals surface area (Å²) in [4.78, 5) is 29.5. The molecule has 3 rings (SSSR count). The Balaban J connectivity index is 1.68. The highest BCUT2D eigenvalue weighted by atomic mass is 79.9. The Kier molecular flexibility index (Phi) is 6.77. The number of piperidine rings is 1. The van der Waals surface area contributed by atoms with Crippen molar-refractivity contribution < 1.29 is 24.2 Å². The number of carbonyl (C=O) groups is 2. The Morgan fingerprint density at radius 3 is 2.33 bits per heavy atom. The molecule has 0 radical (unpaired) electrons. The van der Waals surface area contributed by atoms with Gasteiger partial charge in [0.15, 0.2) is 0 Å². The fraction of sp³-hybridized carbons (Fsp3) is 0.682. The van der Waals surface area contributed by atoms with Crippen molar-refractivity contribution in [3.05, 3.63) is 28.5 Å². The molecule has 30 heavy (non-hydrogen) atoms. The number of pyridine rings is 1. The molecule has 1 amide bonds. The summed E-state index contributed by atoms with van der Waals surface area (Å²) >= 11 is 3.56. The van der Waals surface area contributed by atoms with Gasteiger partial charge in [0.05, 0.1) is 5.60 Å². The van der Waals surface area contributed by atoms with Crippen molar-refractivity contribution in [2.75, 3.05) is 19.7 Å². The van der Waals surface area contributed by atoms with Crippen LogP contribution in [0.15, 0.2) is 22.9 Å². The van der Waals surface area contributed by atoms with Gasteiger partial charge in [0.2, 0.25) is 0 Å². The van der Waals surface area contributed by atoms with Gasteiger partial charge in [-0.15, -0.1) is 0 Å². The van der Waals surface area contributed by atoms with Gasteiger partial charge in [0.1, 0.15) is 12.2 Å². The molecule has 1 saturated heterocycles. The van der Waals surface area contributed by atoms with Crippen LogP contribution in [0.25, 0.3) is 0 Å². The van der Waals surface area contributed by atoms with Crippen LogP contribution < -0.4 is 0 Å². The molecular formula is C22H31BrN2O5. The van der Waals surface area contributed by atoms with Gasteiger partial charge in [-0.25, -0.2) is 9.59 Å². The molecule has 0 unspecified atom stereocenters. The maximum Gasteiger partial charge on any atom is 0.410 e. The normalized spacial score (nSPS) is 20.7. The summed E-state index contributed by atoms with van der Waals surface area (Å²) in [5.74, 6) is -0.967. The third-order valence-corrected chi connectivity index (χ3v) is 6.96. The number of likely N-dealkylation sites (tertiary alicyclic amines) is 1. The van der Waals surface area contributed by atoms with Gasteiger partial charge in [-0.2, -0.15) is 0 Å². The molecule has 1 aromatic rings. The minimum atomic E-state index is -0.967. The Morgan fingerprint density at radius 1 is 1.17 bits per heavy atom. The number of carboxylic acid groups (broad SMARTS) is 1. The zero-order valence-corrected chi connectivity index (χ0v) is 19.5. The summed E-state index contributed by atoms with van der Waals surface area (Å²) in [6.07, 6.45) is 8.42. The SMILES string of the molecule is CC(C)(C)OC(=O)N1CCC2(CC1)CCC(OCC(=O)O)(c1ccncc1Br)CC2. The van der Waals surface area contributed by atoms with Gasteiger partial charge in [-0.1, -0.05) is 0 Å². The van der Waals surface area contributed by atoms with Crippen molar-refractivity contribution in [2.24, 2.45) is 5.41 Å². The van der Waals surface area contributed by atoms with Crippen LogP contribution in [-0.2, 0) is 19.9 Å². The van der Waals surface area contributed by atoms with Crippen molar-refractivity contribution in [3.63, 3.8) is 0 Å². The quantitative estimate of drug-likeness (QED) is 0.666. The molecule has 0 bridgehead atoms. The number of carboxylic acids is 1. The molecule has 1 aliphatic heterocycles. The number of aliphatic carboxylic acids is 1. The number of hydrogen-bond donors (Lipinski definition) is 1. The van der Waals surface area contributed by atoms with E-state index in [1.807, 2.05) is 26.8 Å². The van der Waals surface area contributed by atoms with E-state index in [4.69, 9.17) is 9.47 Å². The maximum absolute atomic E-state index is 12.4. The number of aromatic nitrogens is 1. The van der Waals surface area contributed by atoms with E-state index in [1.54, 1.807) is 17.3 Å². The second-order valence-corrected chi connectivity index (χ2v) is 10.4. The second-order valence-electron chi connectivity index (χ2n) is 9.50. The van der Waals surface area contributed by atoms with Crippen LogP contribution in [0.1, 0.15) is 64.9 Å². The molecule has 0 aromatic carbocycles. The Bertz CT molecular complexity index is 774. The highest BCUT2D eigenvalue weighted by Gasteiger charge is 2.47. The summed E-state index contributed by atoms with van der Waals surface area (Å²) in [6.45, 7) is 6.70. The fourth-order valence-electron chi connectivity index (χ4n) is 4.61. The summed E-state index contributed by atoms with van der Waals surface area (Å²) in [5, 5.41) is 9.18. The third-order valence-electron chi connectivity index (χ3n) is 6.33. The average molecular weight is 483 g/mol. The first-order valence-corrected chi connectivity index (χ1v) is 11.3. The lowest BCUT2D eigenvalue weighted by molar-refractivity contribution is -0.157. The first kappa shape index (κ1) is 23.0. The maximum atomic E-state index is 12.4. The van der Waals surface area contributed by atoms with E-state index in [0.29, 0.717) is 13.1 Å². The van der Waals surface area contributed by atoms with Gasteiger partial charge in [0, 0.05) is 35.5 Å². The van der Waals surface area contributed by atoms with Crippen LogP contribution in [0.2, 0.25) is 0 Å². The van der Waals surface area contributed by atoms with Crippen molar-refractivity contribution in [1.29, 1.82) is 0 Å². The standard InChI is InChI=1S/C22H31BrN2O5/c1-20(2,3)30-19(28)25-12-9-21(10-13-25)5-7-22(8-6-21,29-15-18(26)27)16-4-11-24-14-17(16)23/h4,11,14H,5-10,12-13,15H2,1-3H3,(H,26,27). The molecular weight excluding hydrogens is 452 g/mol. The van der Waals surface area contributed by atoms with E-state index in [0.717, 1.165) is 48.6 Å². The van der Waals surface area contributed by atoms with E-state index in [1.165, 1.54) is 0 Å². The van der Waals surface area contributed by atoms with E-state index in [2.05, 4.69) is 20.9 Å². The van der Waals surface area contributed by atoms with Crippen LogP contribution >= 0.6 is 15.9 Å². The lowest BCUT2D eigenvalue weighted by atomic mass is 9.63. The highest BCUT2D eigenvalue weighted by molar-refractivity contribution is 9.10. The molecule has 2 aliphatic rings. The van der Waals surface area contributed by atoms with E-state index in [9.17, 15) is 14.7 Å². The van der Waals surface area contributed by atoms with Gasteiger partial charge in [0.25, 0.3) is 0 Å². The monoisotopic (exact) mass is 482 g/mol. The Morgan fingerprint density at radius 2 is 1.80 bits per heavy atom. The largest absolute Gasteiger partial charge is 0.480 e. The number of halogens is 1. The summed E-state index contributed by atoms with van der Waals surface area (Å²) in [6, 6.07) is 1.91. The molecule has 1 N–H and O–H groups in total. The zero-order valence-electron chi connectivity index (χ0n) is 17.9. The van der Waals surface area contributed by atoms with Crippen molar-refractivity contribution in [2.45, 2.75) is 70.5 Å². The van der Waals surface area contributed by atoms with Crippen LogP contribution in [0.5, 0.6) is 0 Å². The topological polar surface area (TPSA) is 89.0 Å². The summed E-state index contributed by atoms with van der Waals surface area (Å²) < 4.78 is 12.4. The first-order valence-electron chi connectivity index (χ1n) is 10.5. The minimum Gasteiger partial charge on any atom is -0.480 e. The number of nitrogens with zero attached hydrogens (tertiary/aromatic N) is 2. The molecule has 2 fully saturated rings. The Hall–Kier alpha value is -1.67. The molecule has 2 heterocycles. The van der Waals surface area contributed by atoms with Gasteiger partial charge >= 0.3 is 12.1 Å². The number of ether oxygens (including phenoxy) is 2. The van der Waals surface area contributed by atoms with Crippen molar-refractivity contribution in [1.82, 2.24) is 9.88 Å². The van der Waals surface area contributed by atoms with E-state index >= 15 is 0 Å². The Labute approximate surface area is 186 Å². The lowest BCUT2D eigenvalue weighted by Crippen LogP contribution is -2.48. The predicted molar refractivity (Wildman–Crippen MR) is 115 cm³/mol. The van der Waals surface area contributed by atoms with Crippen LogP contribution in [0.4, 0.5) is 4.79 Å². The first-order chi connectivity index (χ1) is 14.0. The van der Waals surface area contributed by atoms with Crippen LogP contribution in [0, 0.1) is 5.41 Å². The molecule has 1 saturated carbocycles. The van der Waals surface area contributed by atoms with Crippen molar-refractivity contribution in [3.8, 4) is 0 Å². The smallest absolute Gasteiger partial charge is 0.410 e. The summed E-state index contributed by atoms with van der Waals surface area (Å²) in [5.41, 5.74) is -0.00230. The predicted octanol–water partition coefficient (Wildman–Crippen LogP) is 4.73. The molecule has 166 valence electrons. The molecule has 1 aliphatic carbocycles. The van der Waals surface area contributed by atoms with E-state index in [-0.39, 0.29) is 18.1 Å². The zero-order chi connectivity index (χ0) is 22.0. The van der Waals surface area contributed by atoms with Gasteiger partial charge in [-0.05, 0) is 86.7 Å². The minimum absolute atomic E-state index is 0.161. The van der Waals surface area contributed by atoms with E-state index < -0.39 is 17.2 Å². The number of amides is 1.